The number of aryl methyl sites for hydroxylation is 2. The molecule has 9 N–H and O–H groups in total. The molecule has 9 aromatic rings. The topological polar surface area (TPSA) is 487 Å². The van der Waals surface area contributed by atoms with Gasteiger partial charge in [0.25, 0.3) is 5.69 Å². The second kappa shape index (κ2) is 49.3. The lowest BCUT2D eigenvalue weighted by atomic mass is 9.99. The van der Waals surface area contributed by atoms with Crippen LogP contribution >= 0.6 is 11.6 Å². The van der Waals surface area contributed by atoms with Crippen LogP contribution in [0, 0.1) is 47.6 Å². The first-order chi connectivity index (χ1) is 57.7. The van der Waals surface area contributed by atoms with Crippen molar-refractivity contribution < 1.29 is 71.4 Å². The molecule has 0 aliphatic carbocycles. The predicted molar refractivity (Wildman–Crippen MR) is 479 cm³/mol. The average Bonchev–Trinajstić information content (AvgIpc) is 1.76. The van der Waals surface area contributed by atoms with Gasteiger partial charge in [0.15, 0.2) is 34.5 Å². The van der Waals surface area contributed by atoms with E-state index in [1.807, 2.05) is 111 Å². The number of nitrogens with two attached hydrogens (primary N) is 3. The minimum Gasteiger partial charge on any atom is -0.476 e. The Hall–Kier alpha value is -12.3. The summed E-state index contributed by atoms with van der Waals surface area (Å²) in [5.74, 6) is 0.660. The highest BCUT2D eigenvalue weighted by Gasteiger charge is 2.32. The van der Waals surface area contributed by atoms with Crippen LogP contribution in [0.25, 0.3) is 57.0 Å². The number of likely N-dealkylation sites (tertiary alicyclic amines) is 3. The Morgan fingerprint density at radius 3 is 1.34 bits per heavy atom. The van der Waals surface area contributed by atoms with E-state index in [0.29, 0.717) is 79.3 Å². The number of carbonyl (C=O) groups excluding carboxylic acids is 7. The number of pyridine rings is 2. The molecule has 4 atom stereocenters. The van der Waals surface area contributed by atoms with Gasteiger partial charge in [0.2, 0.25) is 11.8 Å². The molecule has 12 heterocycles. The number of urea groups is 3. The molecule has 4 fully saturated rings. The van der Waals surface area contributed by atoms with E-state index in [2.05, 4.69) is 55.2 Å². The molecule has 13 rings (SSSR count). The quantitative estimate of drug-likeness (QED) is 0.0153. The molecule has 6 amide bonds. The van der Waals surface area contributed by atoms with Crippen molar-refractivity contribution in [1.82, 2.24) is 88.7 Å². The number of Topliss-reactive ketones (excluding diaryl/α,β-unsaturated/α-hetero) is 1. The number of aromatic nitrogens is 10. The molecule has 38 nitrogen and oxygen atoms in total. The summed E-state index contributed by atoms with van der Waals surface area (Å²) in [5.41, 5.74) is 21.7. The number of nitro groups is 1. The van der Waals surface area contributed by atoms with Crippen molar-refractivity contribution in [3.63, 3.8) is 0 Å². The first-order valence-electron chi connectivity index (χ1n) is 39.9. The molecule has 4 aliphatic rings. The average molecular weight is 1760 g/mol. The third-order valence-electron chi connectivity index (χ3n) is 19.2. The summed E-state index contributed by atoms with van der Waals surface area (Å²) in [5, 5.41) is 25.6. The van der Waals surface area contributed by atoms with Gasteiger partial charge in [-0.05, 0) is 194 Å². The zero-order chi connectivity index (χ0) is 89.9. The van der Waals surface area contributed by atoms with Crippen LogP contribution in [-0.4, -0.2) is 262 Å². The highest BCUT2D eigenvalue weighted by atomic mass is 35.5. The van der Waals surface area contributed by atoms with Crippen LogP contribution in [0.1, 0.15) is 160 Å². The maximum atomic E-state index is 13.2. The van der Waals surface area contributed by atoms with Crippen LogP contribution < -0.4 is 32.6 Å². The molecule has 39 heteroatoms. The van der Waals surface area contributed by atoms with Gasteiger partial charge < -0.3 is 94.2 Å². The van der Waals surface area contributed by atoms with Crippen LogP contribution in [0.15, 0.2) is 107 Å². The van der Waals surface area contributed by atoms with E-state index in [0.717, 1.165) is 99.6 Å². The van der Waals surface area contributed by atoms with Gasteiger partial charge in [0.05, 0.1) is 17.3 Å². The minimum absolute atomic E-state index is 0. The third kappa shape index (κ3) is 32.1. The Morgan fingerprint density at radius 1 is 0.584 bits per heavy atom. The Balaban J connectivity index is 0.000000326. The second-order valence-electron chi connectivity index (χ2n) is 32.1. The maximum Gasteiger partial charge on any atom is 0.409 e. The Bertz CT molecular complexity index is 4980. The van der Waals surface area contributed by atoms with Crippen molar-refractivity contribution in [2.24, 2.45) is 29.4 Å². The van der Waals surface area contributed by atoms with Crippen LogP contribution in [0.5, 0.6) is 5.75 Å². The molecule has 0 radical (unpaired) electrons. The Labute approximate surface area is 735 Å². The molecule has 125 heavy (non-hydrogen) atoms. The second-order valence-corrected chi connectivity index (χ2v) is 32.4. The summed E-state index contributed by atoms with van der Waals surface area (Å²) in [6.45, 7) is 22.6. The summed E-state index contributed by atoms with van der Waals surface area (Å²) in [6.07, 6.45) is 20.8. The Kier molecular flexibility index (Phi) is 41.4. The molecule has 0 saturated carbocycles. The largest absolute Gasteiger partial charge is 0.476 e. The fourth-order valence-corrected chi connectivity index (χ4v) is 13.3. The number of carboxylic acids is 1. The van der Waals surface area contributed by atoms with E-state index in [-0.39, 0.29) is 128 Å². The highest BCUT2D eigenvalue weighted by Crippen LogP contribution is 2.34. The van der Waals surface area contributed by atoms with E-state index < -0.39 is 21.9 Å². The number of nitrogens with zero attached hydrogens (tertiary/aromatic N) is 17. The molecule has 0 bridgehead atoms. The van der Waals surface area contributed by atoms with Crippen LogP contribution in [-0.2, 0) is 19.1 Å². The number of nitro benzene ring substituents is 1. The van der Waals surface area contributed by atoms with Gasteiger partial charge in [-0.3, -0.25) is 24.5 Å². The van der Waals surface area contributed by atoms with Crippen molar-refractivity contribution in [3.05, 3.63) is 131 Å². The van der Waals surface area contributed by atoms with Crippen LogP contribution in [0.4, 0.5) is 36.5 Å². The van der Waals surface area contributed by atoms with Gasteiger partial charge in [-0.15, -0.1) is 0 Å². The van der Waals surface area contributed by atoms with E-state index in [1.165, 1.54) is 55.6 Å². The summed E-state index contributed by atoms with van der Waals surface area (Å²) < 4.78 is 29.6. The molecular formula is C86H127ClN22O16. The number of aromatic carboxylic acids is 1. The van der Waals surface area contributed by atoms with Crippen LogP contribution in [0.2, 0.25) is 0 Å². The fourth-order valence-electron chi connectivity index (χ4n) is 13.2. The fraction of sp³-hybridized carbons (Fsp3) is 0.512. The van der Waals surface area contributed by atoms with Gasteiger partial charge >= 0.3 is 41.4 Å². The molecule has 0 unspecified atom stereocenters. The van der Waals surface area contributed by atoms with Gasteiger partial charge in [-0.25, -0.2) is 63.8 Å². The number of imidazole rings is 2. The van der Waals surface area contributed by atoms with Gasteiger partial charge in [-0.1, -0.05) is 22.3 Å². The third-order valence-corrected chi connectivity index (χ3v) is 19.3. The zero-order valence-corrected chi connectivity index (χ0v) is 73.0. The number of hydrogen-bond donors (Lipinski definition) is 6. The Morgan fingerprint density at radius 2 is 0.984 bits per heavy atom. The van der Waals surface area contributed by atoms with Gasteiger partial charge in [0.1, 0.15) is 57.9 Å². The predicted octanol–water partition coefficient (Wildman–Crippen LogP) is 13.2. The van der Waals surface area contributed by atoms with Crippen molar-refractivity contribution >= 4 is 87.4 Å². The number of amides is 6. The number of non-ortho nitro benzene ring substituents is 1. The number of oxazole rings is 2. The number of benzene rings is 1. The van der Waals surface area contributed by atoms with Crippen LogP contribution in [0.3, 0.4) is 0 Å². The summed E-state index contributed by atoms with van der Waals surface area (Å²) in [6, 6.07) is 12.5. The number of nitrogens with one attached hydrogen (secondary N) is 2. The number of halogens is 1. The minimum atomic E-state index is -1.26. The lowest BCUT2D eigenvalue weighted by molar-refractivity contribution is -0.384. The van der Waals surface area contributed by atoms with Gasteiger partial charge in [-0.2, -0.15) is 0 Å². The van der Waals surface area contributed by atoms with E-state index in [9.17, 15) is 53.6 Å². The highest BCUT2D eigenvalue weighted by molar-refractivity contribution is 6.61. The normalized spacial score (nSPS) is 15.5. The van der Waals surface area contributed by atoms with E-state index in [4.69, 9.17) is 47.1 Å². The maximum absolute atomic E-state index is 13.2. The number of rotatable bonds is 18. The van der Waals surface area contributed by atoms with Crippen molar-refractivity contribution in [1.29, 1.82) is 0 Å². The lowest BCUT2D eigenvalue weighted by Gasteiger charge is -2.21. The smallest absolute Gasteiger partial charge is 0.409 e. The SMILES string of the molecule is C.C.C.CC(C)(C)OC(=O)CC[C@@H]1CCNC1.CN(C)C(=O)N1CC[C@@H](CCC(=O)OC(C)(C)C)C1.CN(C)C(=O)N1CC[C@@H](CN)C1.CNC.Cc1cnc2ccc(-c3nc(C(=O)CC[C@@H]4CCN(C(=O)N(C)C)C4)c(N)nc3-c3ncco3)cn12.Cc1cnc2ccc(-c3nc(C(=O)O)c(N)nc3-c3ncco3)cn12.O=C(Cl)Oc1ccc([N+](=O)[O-])cc1. The number of hydrogen-bond acceptors (Lipinski definition) is 28. The first-order valence-corrected chi connectivity index (χ1v) is 40.3. The zero-order valence-electron chi connectivity index (χ0n) is 72.3. The summed E-state index contributed by atoms with van der Waals surface area (Å²) >= 11 is 4.92. The standard InChI is InChI=1S/C25H28N8O3.C16H12N6O3.C14H26N2O3.C11H21NO2.C8H17N3O.C7H4ClNO4.C2H7N.3CH4/c1-15-12-28-19-7-5-17(14-33(15)19)20-22(24-27-9-11-36-24)30-23(26)21(29-20)18(34)6-4-16-8-10-32(13-16)25(35)31(2)3;1-8-6-19-10-3-2-9(7-22(8)10)11-12(15-18-4-5-25-15)21-14(17)13(20-11)16(23)24;1-14(2,3)19-12(17)7-6-11-8-9-16(10-11)13(18)15(4)5;1-11(2,3)14-10(13)5-4-9-6-7-12-8-9;1-10(2)8(12)11-4-3-7(5-9)6-11;8-7(10)13-6-3-1-5(2-4-6)9(11)12;1-3-2;;;/h5,7,9,11-12,14,16H,4,6,8,10,13H2,1-3H3,(H2,26,30);2-7H,1H3,(H2,17,21)(H,23,24);11H,6-10H2,1-5H3;9,12H,4-8H2,1-3H3;7H,3-6,9H2,1-2H3;1-4H;3H,1-2H3;3*1H4/t16-;;11-;9-;7-;;;;;/m1.110...../s1. The van der Waals surface area contributed by atoms with Gasteiger partial charge in [0, 0.05) is 172 Å². The number of ketones is 1. The molecule has 0 spiro atoms. The molecule has 4 saturated heterocycles. The number of carboxylic acid groups (broad SMARTS) is 1. The molecule has 1 aromatic carbocycles. The molecule has 4 aliphatic heterocycles. The molecule has 684 valence electrons. The van der Waals surface area contributed by atoms with Crippen molar-refractivity contribution in [2.45, 2.75) is 153 Å². The number of carbonyl (C=O) groups is 8. The number of ether oxygens (including phenoxy) is 3. The van der Waals surface area contributed by atoms with Crippen molar-refractivity contribution in [2.75, 3.05) is 127 Å². The van der Waals surface area contributed by atoms with E-state index >= 15 is 0 Å². The number of fused-ring (bicyclic) bond motifs is 2. The lowest BCUT2D eigenvalue weighted by Crippen LogP contribution is -2.38. The number of nitrogen functional groups attached to an aromatic ring is 2. The monoisotopic (exact) mass is 1760 g/mol. The first kappa shape index (κ1) is 105. The summed E-state index contributed by atoms with van der Waals surface area (Å²) in [4.78, 5) is 148. The number of anilines is 2. The number of esters is 2. The molecule has 8 aromatic heterocycles. The van der Waals surface area contributed by atoms with E-state index in [1.54, 1.807) is 87.7 Å². The summed E-state index contributed by atoms with van der Waals surface area (Å²) in [7, 11) is 14.3. The molecular weight excluding hydrogens is 1630 g/mol. The van der Waals surface area contributed by atoms with Crippen molar-refractivity contribution in [3.8, 4) is 51.4 Å².